The highest BCUT2D eigenvalue weighted by Crippen LogP contribution is 2.29. The number of carbonyl (C=O) groups is 2. The molecule has 0 spiro atoms. The van der Waals surface area contributed by atoms with Crippen LogP contribution in [0.3, 0.4) is 0 Å². The molecule has 0 unspecified atom stereocenters. The largest absolute Gasteiger partial charge is 0.493 e. The lowest BCUT2D eigenvalue weighted by Gasteiger charge is -2.11. The molecule has 0 aliphatic heterocycles. The van der Waals surface area contributed by atoms with Gasteiger partial charge in [0.2, 0.25) is 11.8 Å². The van der Waals surface area contributed by atoms with Gasteiger partial charge in [0.15, 0.2) is 11.5 Å². The second-order valence-electron chi connectivity index (χ2n) is 5.26. The van der Waals surface area contributed by atoms with Crippen LogP contribution in [0.15, 0.2) is 36.4 Å². The van der Waals surface area contributed by atoms with Gasteiger partial charge in [0.05, 0.1) is 14.2 Å². The first kappa shape index (κ1) is 18.6. The molecular formula is C18H19ClN2O4. The highest BCUT2D eigenvalue weighted by molar-refractivity contribution is 6.31. The molecule has 7 heteroatoms. The summed E-state index contributed by atoms with van der Waals surface area (Å²) in [4.78, 5) is 24.1. The second kappa shape index (κ2) is 8.39. The van der Waals surface area contributed by atoms with Crippen LogP contribution in [0, 0.1) is 6.92 Å². The number of hydrogen-bond donors (Lipinski definition) is 2. The maximum absolute atomic E-state index is 12.0. The van der Waals surface area contributed by atoms with Crippen molar-refractivity contribution in [2.24, 2.45) is 0 Å². The third-order valence-electron chi connectivity index (χ3n) is 3.53. The Hall–Kier alpha value is -2.73. The molecule has 2 aromatic carbocycles. The molecule has 2 N–H and O–H groups in total. The van der Waals surface area contributed by atoms with E-state index in [2.05, 4.69) is 10.6 Å². The number of methoxy groups -OCH3 is 2. The molecule has 132 valence electrons. The molecule has 2 aromatic rings. The molecule has 25 heavy (non-hydrogen) atoms. The fourth-order valence-corrected chi connectivity index (χ4v) is 2.38. The molecule has 2 amide bonds. The van der Waals surface area contributed by atoms with Gasteiger partial charge < -0.3 is 20.1 Å². The van der Waals surface area contributed by atoms with Crippen molar-refractivity contribution in [3.8, 4) is 11.5 Å². The summed E-state index contributed by atoms with van der Waals surface area (Å²) in [6.07, 6.45) is -0.319. The van der Waals surface area contributed by atoms with Crippen molar-refractivity contribution < 1.29 is 19.1 Å². The van der Waals surface area contributed by atoms with Crippen LogP contribution >= 0.6 is 11.6 Å². The van der Waals surface area contributed by atoms with Crippen molar-refractivity contribution in [1.29, 1.82) is 0 Å². The maximum Gasteiger partial charge on any atom is 0.233 e. The minimum Gasteiger partial charge on any atom is -0.493 e. The van der Waals surface area contributed by atoms with Crippen LogP contribution < -0.4 is 20.1 Å². The summed E-state index contributed by atoms with van der Waals surface area (Å²) in [5.74, 6) is 0.168. The SMILES string of the molecule is COc1ccc(NC(=O)CC(=O)Nc2cccc(Cl)c2C)cc1OC. The Labute approximate surface area is 151 Å². The summed E-state index contributed by atoms with van der Waals surface area (Å²) >= 11 is 6.01. The fraction of sp³-hybridized carbons (Fsp3) is 0.222. The monoisotopic (exact) mass is 362 g/mol. The van der Waals surface area contributed by atoms with Gasteiger partial charge in [-0.2, -0.15) is 0 Å². The van der Waals surface area contributed by atoms with E-state index in [1.54, 1.807) is 43.3 Å². The molecule has 2 rings (SSSR count). The lowest BCUT2D eigenvalue weighted by atomic mass is 10.2. The lowest BCUT2D eigenvalue weighted by Crippen LogP contribution is -2.21. The van der Waals surface area contributed by atoms with E-state index < -0.39 is 11.8 Å². The van der Waals surface area contributed by atoms with Crippen molar-refractivity contribution in [3.05, 3.63) is 47.0 Å². The molecule has 0 saturated heterocycles. The van der Waals surface area contributed by atoms with Gasteiger partial charge in [-0.25, -0.2) is 0 Å². The van der Waals surface area contributed by atoms with Gasteiger partial charge in [-0.1, -0.05) is 17.7 Å². The van der Waals surface area contributed by atoms with Gasteiger partial charge >= 0.3 is 0 Å². The van der Waals surface area contributed by atoms with E-state index in [0.717, 1.165) is 5.56 Å². The van der Waals surface area contributed by atoms with Crippen LogP contribution in [0.4, 0.5) is 11.4 Å². The van der Waals surface area contributed by atoms with Gasteiger partial charge in [0.1, 0.15) is 6.42 Å². The van der Waals surface area contributed by atoms with Crippen molar-refractivity contribution in [2.75, 3.05) is 24.9 Å². The van der Waals surface area contributed by atoms with E-state index in [-0.39, 0.29) is 6.42 Å². The predicted molar refractivity (Wildman–Crippen MR) is 97.6 cm³/mol. The van der Waals surface area contributed by atoms with Crippen LogP contribution in [0.1, 0.15) is 12.0 Å². The van der Waals surface area contributed by atoms with Gasteiger partial charge in [-0.15, -0.1) is 0 Å². The topological polar surface area (TPSA) is 76.7 Å². The lowest BCUT2D eigenvalue weighted by molar-refractivity contribution is -0.123. The normalized spacial score (nSPS) is 10.1. The van der Waals surface area contributed by atoms with Gasteiger partial charge in [-0.3, -0.25) is 9.59 Å². The second-order valence-corrected chi connectivity index (χ2v) is 5.66. The summed E-state index contributed by atoms with van der Waals surface area (Å²) in [5.41, 5.74) is 1.84. The number of carbonyl (C=O) groups excluding carboxylic acids is 2. The standard InChI is InChI=1S/C18H19ClN2O4/c1-11-13(19)5-4-6-14(11)21-18(23)10-17(22)20-12-7-8-15(24-2)16(9-12)25-3/h4-9H,10H2,1-3H3,(H,20,22)(H,21,23). The van der Waals surface area contributed by atoms with Crippen molar-refractivity contribution in [1.82, 2.24) is 0 Å². The van der Waals surface area contributed by atoms with Crippen LogP contribution in [0.2, 0.25) is 5.02 Å². The number of hydrogen-bond acceptors (Lipinski definition) is 4. The van der Waals surface area contributed by atoms with E-state index in [9.17, 15) is 9.59 Å². The molecule has 0 saturated carbocycles. The minimum atomic E-state index is -0.440. The van der Waals surface area contributed by atoms with Crippen molar-refractivity contribution in [2.45, 2.75) is 13.3 Å². The zero-order valence-electron chi connectivity index (χ0n) is 14.2. The highest BCUT2D eigenvalue weighted by atomic mass is 35.5. The first-order chi connectivity index (χ1) is 11.9. The van der Waals surface area contributed by atoms with E-state index >= 15 is 0 Å². The quantitative estimate of drug-likeness (QED) is 0.769. The Kier molecular flexibility index (Phi) is 6.25. The average molecular weight is 363 g/mol. The Morgan fingerprint density at radius 3 is 2.36 bits per heavy atom. The molecule has 0 atom stereocenters. The molecule has 0 aromatic heterocycles. The summed E-state index contributed by atoms with van der Waals surface area (Å²) in [5, 5.41) is 5.88. The zero-order valence-corrected chi connectivity index (χ0v) is 14.9. The Morgan fingerprint density at radius 1 is 1.00 bits per heavy atom. The molecule has 0 heterocycles. The van der Waals surface area contributed by atoms with Crippen LogP contribution in [-0.2, 0) is 9.59 Å². The number of rotatable bonds is 6. The molecule has 0 fully saturated rings. The molecule has 0 aliphatic carbocycles. The van der Waals surface area contributed by atoms with Crippen LogP contribution in [0.5, 0.6) is 11.5 Å². The molecule has 0 radical (unpaired) electrons. The first-order valence-electron chi connectivity index (χ1n) is 7.51. The number of halogens is 1. The summed E-state index contributed by atoms with van der Waals surface area (Å²) in [6.45, 7) is 1.79. The third kappa shape index (κ3) is 4.87. The van der Waals surface area contributed by atoms with Crippen LogP contribution in [-0.4, -0.2) is 26.0 Å². The number of nitrogens with one attached hydrogen (secondary N) is 2. The fourth-order valence-electron chi connectivity index (χ4n) is 2.20. The van der Waals surface area contributed by atoms with Crippen molar-refractivity contribution >= 4 is 34.8 Å². The van der Waals surface area contributed by atoms with E-state index in [0.29, 0.717) is 27.9 Å². The van der Waals surface area contributed by atoms with E-state index in [4.69, 9.17) is 21.1 Å². The Morgan fingerprint density at radius 2 is 1.68 bits per heavy atom. The van der Waals surface area contributed by atoms with Crippen molar-refractivity contribution in [3.63, 3.8) is 0 Å². The van der Waals surface area contributed by atoms with Gasteiger partial charge in [0.25, 0.3) is 0 Å². The highest BCUT2D eigenvalue weighted by Gasteiger charge is 2.13. The van der Waals surface area contributed by atoms with Gasteiger partial charge in [0, 0.05) is 22.5 Å². The Bertz CT molecular complexity index is 793. The first-order valence-corrected chi connectivity index (χ1v) is 7.89. The Balaban J connectivity index is 1.98. The summed E-state index contributed by atoms with van der Waals surface area (Å²) < 4.78 is 10.3. The zero-order chi connectivity index (χ0) is 18.4. The summed E-state index contributed by atoms with van der Waals surface area (Å²) in [7, 11) is 3.03. The van der Waals surface area contributed by atoms with E-state index in [1.807, 2.05) is 0 Å². The third-order valence-corrected chi connectivity index (χ3v) is 3.94. The number of ether oxygens (including phenoxy) is 2. The van der Waals surface area contributed by atoms with Gasteiger partial charge in [-0.05, 0) is 36.8 Å². The predicted octanol–water partition coefficient (Wildman–Crippen LogP) is 3.63. The molecule has 0 aliphatic rings. The van der Waals surface area contributed by atoms with E-state index in [1.165, 1.54) is 14.2 Å². The molecular weight excluding hydrogens is 344 g/mol. The number of benzene rings is 2. The summed E-state index contributed by atoms with van der Waals surface area (Å²) in [6, 6.07) is 10.1. The average Bonchev–Trinajstić information content (AvgIpc) is 2.58. The number of anilines is 2. The smallest absolute Gasteiger partial charge is 0.233 e. The molecule has 6 nitrogen and oxygen atoms in total. The minimum absolute atomic E-state index is 0.319. The van der Waals surface area contributed by atoms with Crippen LogP contribution in [0.25, 0.3) is 0 Å². The number of amides is 2. The molecule has 0 bridgehead atoms. The maximum atomic E-state index is 12.0.